The van der Waals surface area contributed by atoms with E-state index in [1.807, 2.05) is 30.3 Å². The van der Waals surface area contributed by atoms with E-state index in [2.05, 4.69) is 15.0 Å². The number of aromatic nitrogens is 4. The van der Waals surface area contributed by atoms with E-state index in [9.17, 15) is 5.11 Å². The van der Waals surface area contributed by atoms with Gasteiger partial charge in [0.2, 0.25) is 0 Å². The number of ether oxygens (including phenoxy) is 2. The van der Waals surface area contributed by atoms with E-state index in [1.165, 1.54) is 6.33 Å². The zero-order valence-corrected chi connectivity index (χ0v) is 14.1. The van der Waals surface area contributed by atoms with Crippen LogP contribution in [0.25, 0.3) is 11.2 Å². The number of rotatable bonds is 6. The second-order valence-electron chi connectivity index (χ2n) is 6.00. The van der Waals surface area contributed by atoms with Gasteiger partial charge in [0.05, 0.1) is 32.3 Å². The minimum absolute atomic E-state index is 0.0920. The first kappa shape index (κ1) is 16.4. The molecule has 0 saturated carbocycles. The SMILES string of the molecule is OC[C@@]1(n2cnc3c(Cl)ncnc32)CC(COCc2ccccc2)O1. The maximum absolute atomic E-state index is 9.87. The standard InChI is InChI=1S/C17H17ClN4O3/c18-15-14-16(20-10-19-15)22(11-21-14)17(9-23)6-13(25-17)8-24-7-12-4-2-1-3-5-12/h1-5,10-11,13,23H,6-9H2/t13?,17-/m1/s1. The van der Waals surface area contributed by atoms with Crippen molar-refractivity contribution in [1.82, 2.24) is 19.5 Å². The Kier molecular flexibility index (Phi) is 4.39. The molecule has 0 spiro atoms. The zero-order valence-electron chi connectivity index (χ0n) is 13.4. The van der Waals surface area contributed by atoms with Crippen molar-refractivity contribution in [3.8, 4) is 0 Å². The first-order valence-corrected chi connectivity index (χ1v) is 8.34. The van der Waals surface area contributed by atoms with Gasteiger partial charge in [-0.3, -0.25) is 4.57 Å². The molecule has 130 valence electrons. The van der Waals surface area contributed by atoms with Gasteiger partial charge in [0.15, 0.2) is 16.5 Å². The monoisotopic (exact) mass is 360 g/mol. The topological polar surface area (TPSA) is 82.3 Å². The maximum Gasteiger partial charge on any atom is 0.173 e. The van der Waals surface area contributed by atoms with Crippen molar-refractivity contribution in [3.05, 3.63) is 53.7 Å². The molecule has 7 nitrogen and oxygen atoms in total. The number of hydrogen-bond donors (Lipinski definition) is 1. The highest BCUT2D eigenvalue weighted by Gasteiger charge is 2.48. The summed E-state index contributed by atoms with van der Waals surface area (Å²) in [6, 6.07) is 9.96. The predicted molar refractivity (Wildman–Crippen MR) is 91.0 cm³/mol. The fourth-order valence-electron chi connectivity index (χ4n) is 3.07. The lowest BCUT2D eigenvalue weighted by Gasteiger charge is -2.47. The smallest absolute Gasteiger partial charge is 0.173 e. The number of fused-ring (bicyclic) bond motifs is 1. The van der Waals surface area contributed by atoms with Gasteiger partial charge in [-0.05, 0) is 5.56 Å². The summed E-state index contributed by atoms with van der Waals surface area (Å²) < 4.78 is 13.4. The Morgan fingerprint density at radius 1 is 1.28 bits per heavy atom. The third-order valence-electron chi connectivity index (χ3n) is 4.32. The normalized spacial score (nSPS) is 22.9. The Bertz CT molecular complexity index is 865. The van der Waals surface area contributed by atoms with Gasteiger partial charge < -0.3 is 14.6 Å². The molecular formula is C17H17ClN4O3. The summed E-state index contributed by atoms with van der Waals surface area (Å²) in [5.41, 5.74) is 1.26. The van der Waals surface area contributed by atoms with Crippen molar-refractivity contribution in [2.75, 3.05) is 13.2 Å². The van der Waals surface area contributed by atoms with Crippen molar-refractivity contribution in [2.24, 2.45) is 0 Å². The first-order chi connectivity index (χ1) is 12.2. The quantitative estimate of drug-likeness (QED) is 0.678. The lowest BCUT2D eigenvalue weighted by Crippen LogP contribution is -2.56. The highest BCUT2D eigenvalue weighted by molar-refractivity contribution is 6.33. The lowest BCUT2D eigenvalue weighted by atomic mass is 9.98. The van der Waals surface area contributed by atoms with E-state index in [0.717, 1.165) is 5.56 Å². The van der Waals surface area contributed by atoms with Gasteiger partial charge in [-0.2, -0.15) is 0 Å². The van der Waals surface area contributed by atoms with E-state index >= 15 is 0 Å². The van der Waals surface area contributed by atoms with Gasteiger partial charge in [0, 0.05) is 6.42 Å². The molecule has 1 aromatic carbocycles. The van der Waals surface area contributed by atoms with Gasteiger partial charge in [0.1, 0.15) is 11.8 Å². The van der Waals surface area contributed by atoms with Crippen molar-refractivity contribution >= 4 is 22.8 Å². The van der Waals surface area contributed by atoms with Crippen molar-refractivity contribution in [1.29, 1.82) is 0 Å². The molecule has 2 atom stereocenters. The molecule has 8 heteroatoms. The number of aliphatic hydroxyl groups is 1. The molecule has 1 saturated heterocycles. The molecule has 1 aliphatic rings. The van der Waals surface area contributed by atoms with Crippen LogP contribution in [0.1, 0.15) is 12.0 Å². The number of hydrogen-bond acceptors (Lipinski definition) is 6. The summed E-state index contributed by atoms with van der Waals surface area (Å²) in [6.07, 6.45) is 3.45. The Hall–Kier alpha value is -2.06. The Morgan fingerprint density at radius 3 is 2.84 bits per heavy atom. The van der Waals surface area contributed by atoms with Gasteiger partial charge in [-0.25, -0.2) is 15.0 Å². The third-order valence-corrected chi connectivity index (χ3v) is 4.60. The number of benzene rings is 1. The summed E-state index contributed by atoms with van der Waals surface area (Å²) in [5.74, 6) is 0. The summed E-state index contributed by atoms with van der Waals surface area (Å²) in [6.45, 7) is 0.804. The molecule has 25 heavy (non-hydrogen) atoms. The number of halogens is 1. The number of nitrogens with zero attached hydrogens (tertiary/aromatic N) is 4. The zero-order chi connectivity index (χ0) is 17.3. The highest BCUT2D eigenvalue weighted by Crippen LogP contribution is 2.39. The van der Waals surface area contributed by atoms with Crippen LogP contribution < -0.4 is 0 Å². The molecule has 4 rings (SSSR count). The molecule has 1 aliphatic heterocycles. The largest absolute Gasteiger partial charge is 0.391 e. The molecule has 3 heterocycles. The molecule has 0 radical (unpaired) electrons. The minimum atomic E-state index is -0.882. The minimum Gasteiger partial charge on any atom is -0.391 e. The molecule has 0 aliphatic carbocycles. The van der Waals surface area contributed by atoms with Crippen LogP contribution in [-0.2, 0) is 21.8 Å². The van der Waals surface area contributed by atoms with E-state index in [-0.39, 0.29) is 17.9 Å². The predicted octanol–water partition coefficient (Wildman–Crippen LogP) is 2.13. The van der Waals surface area contributed by atoms with Crippen molar-refractivity contribution < 1.29 is 14.6 Å². The van der Waals surface area contributed by atoms with Crippen LogP contribution in [0.2, 0.25) is 5.15 Å². The Balaban J connectivity index is 1.41. The number of imidazole rings is 1. The van der Waals surface area contributed by atoms with Crippen molar-refractivity contribution in [2.45, 2.75) is 24.9 Å². The van der Waals surface area contributed by atoms with Crippen LogP contribution >= 0.6 is 11.6 Å². The summed E-state index contributed by atoms with van der Waals surface area (Å²) >= 11 is 6.03. The summed E-state index contributed by atoms with van der Waals surface area (Å²) in [5, 5.41) is 10.1. The molecule has 2 aromatic heterocycles. The molecule has 1 N–H and O–H groups in total. The molecular weight excluding hydrogens is 344 g/mol. The van der Waals surface area contributed by atoms with Crippen LogP contribution in [0.3, 0.4) is 0 Å². The molecule has 3 aromatic rings. The van der Waals surface area contributed by atoms with Crippen LogP contribution in [0, 0.1) is 0 Å². The van der Waals surface area contributed by atoms with Crippen LogP contribution in [0.5, 0.6) is 0 Å². The number of aliphatic hydroxyl groups excluding tert-OH is 1. The maximum atomic E-state index is 9.87. The van der Waals surface area contributed by atoms with Crippen LogP contribution in [0.4, 0.5) is 0 Å². The van der Waals surface area contributed by atoms with E-state index in [4.69, 9.17) is 21.1 Å². The second-order valence-corrected chi connectivity index (χ2v) is 6.36. The van der Waals surface area contributed by atoms with E-state index in [1.54, 1.807) is 10.9 Å². The molecule has 0 bridgehead atoms. The summed E-state index contributed by atoms with van der Waals surface area (Å²) in [7, 11) is 0. The molecule has 0 amide bonds. The van der Waals surface area contributed by atoms with Crippen LogP contribution in [0.15, 0.2) is 43.0 Å². The van der Waals surface area contributed by atoms with Crippen LogP contribution in [-0.4, -0.2) is 43.9 Å². The molecule has 1 fully saturated rings. The lowest BCUT2D eigenvalue weighted by molar-refractivity contribution is -0.282. The van der Waals surface area contributed by atoms with Gasteiger partial charge in [0.25, 0.3) is 0 Å². The summed E-state index contributed by atoms with van der Waals surface area (Å²) in [4.78, 5) is 12.3. The fourth-order valence-corrected chi connectivity index (χ4v) is 3.25. The van der Waals surface area contributed by atoms with Gasteiger partial charge >= 0.3 is 0 Å². The van der Waals surface area contributed by atoms with E-state index < -0.39 is 5.72 Å². The average molecular weight is 361 g/mol. The second kappa shape index (κ2) is 6.68. The molecule has 1 unspecified atom stereocenters. The van der Waals surface area contributed by atoms with E-state index in [0.29, 0.717) is 30.8 Å². The van der Waals surface area contributed by atoms with Gasteiger partial charge in [-0.15, -0.1) is 0 Å². The Labute approximate surface area is 149 Å². The first-order valence-electron chi connectivity index (χ1n) is 7.96. The highest BCUT2D eigenvalue weighted by atomic mass is 35.5. The average Bonchev–Trinajstić information content (AvgIpc) is 3.04. The van der Waals surface area contributed by atoms with Gasteiger partial charge in [-0.1, -0.05) is 41.9 Å². The van der Waals surface area contributed by atoms with Crippen molar-refractivity contribution in [3.63, 3.8) is 0 Å². The third kappa shape index (κ3) is 3.00. The Morgan fingerprint density at radius 2 is 2.08 bits per heavy atom. The fraction of sp³-hybridized carbons (Fsp3) is 0.353.